The number of rotatable bonds is 4. The molecule has 1 aromatic heterocycles. The van der Waals surface area contributed by atoms with Crippen LogP contribution >= 0.6 is 0 Å². The van der Waals surface area contributed by atoms with Gasteiger partial charge >= 0.3 is 5.97 Å². The number of hydrogen-bond acceptors (Lipinski definition) is 3. The number of aromatic nitrogens is 1. The first-order chi connectivity index (χ1) is 8.74. The van der Waals surface area contributed by atoms with Gasteiger partial charge in [0.1, 0.15) is 5.75 Å². The predicted octanol–water partition coefficient (Wildman–Crippen LogP) is 2.68. The summed E-state index contributed by atoms with van der Waals surface area (Å²) in [5.41, 5.74) is 0.981. The fourth-order valence-electron chi connectivity index (χ4n) is 1.72. The molecule has 0 amide bonds. The second-order valence-corrected chi connectivity index (χ2v) is 3.72. The van der Waals surface area contributed by atoms with Gasteiger partial charge < -0.3 is 14.0 Å². The molecule has 0 aliphatic heterocycles. The van der Waals surface area contributed by atoms with Gasteiger partial charge in [-0.3, -0.25) is 0 Å². The normalized spacial score (nSPS) is 11.0. The first kappa shape index (κ1) is 12.2. The van der Waals surface area contributed by atoms with Crippen LogP contribution in [0.15, 0.2) is 36.5 Å². The molecule has 1 heterocycles. The van der Waals surface area contributed by atoms with E-state index < -0.39 is 0 Å². The van der Waals surface area contributed by atoms with Crippen LogP contribution in [0.1, 0.15) is 6.92 Å². The van der Waals surface area contributed by atoms with Crippen molar-refractivity contribution in [2.45, 2.75) is 6.92 Å². The second-order valence-electron chi connectivity index (χ2n) is 3.72. The Morgan fingerprint density at radius 1 is 1.39 bits per heavy atom. The first-order valence-electron chi connectivity index (χ1n) is 5.74. The maximum absolute atomic E-state index is 11.3. The highest BCUT2D eigenvalue weighted by Crippen LogP contribution is 2.21. The van der Waals surface area contributed by atoms with Crippen molar-refractivity contribution >= 4 is 23.1 Å². The molecule has 0 unspecified atom stereocenters. The van der Waals surface area contributed by atoms with Crippen LogP contribution in [0.4, 0.5) is 0 Å². The zero-order valence-corrected chi connectivity index (χ0v) is 10.4. The third kappa shape index (κ3) is 2.53. The van der Waals surface area contributed by atoms with Crippen LogP contribution in [0.25, 0.3) is 17.1 Å². The topological polar surface area (TPSA) is 40.5 Å². The maximum Gasteiger partial charge on any atom is 0.332 e. The number of ether oxygens (including phenoxy) is 2. The highest BCUT2D eigenvalue weighted by atomic mass is 16.5. The molecule has 0 radical (unpaired) electrons. The number of nitrogens with zero attached hydrogens (tertiary/aromatic N) is 1. The van der Waals surface area contributed by atoms with E-state index in [0.29, 0.717) is 6.61 Å². The summed E-state index contributed by atoms with van der Waals surface area (Å²) < 4.78 is 11.9. The van der Waals surface area contributed by atoms with Gasteiger partial charge in [-0.1, -0.05) is 0 Å². The summed E-state index contributed by atoms with van der Waals surface area (Å²) in [6, 6.07) is 7.78. The second kappa shape index (κ2) is 5.40. The van der Waals surface area contributed by atoms with Gasteiger partial charge in [0.25, 0.3) is 0 Å². The lowest BCUT2D eigenvalue weighted by Crippen LogP contribution is -1.99. The molecule has 18 heavy (non-hydrogen) atoms. The minimum atomic E-state index is -0.345. The molecule has 1 aromatic carbocycles. The smallest absolute Gasteiger partial charge is 0.332 e. The van der Waals surface area contributed by atoms with Crippen molar-refractivity contribution in [2.75, 3.05) is 13.7 Å². The van der Waals surface area contributed by atoms with Gasteiger partial charge in [-0.05, 0) is 25.1 Å². The van der Waals surface area contributed by atoms with E-state index in [0.717, 1.165) is 16.7 Å². The standard InChI is InChI=1S/C14H15NO3/c1-3-18-14(16)7-9-15-8-6-11-4-5-12(17-2)10-13(11)15/h4-10H,3H2,1-2H3/b9-7-. The molecule has 0 saturated heterocycles. The molecule has 94 valence electrons. The summed E-state index contributed by atoms with van der Waals surface area (Å²) in [4.78, 5) is 11.3. The molecule has 0 aliphatic rings. The Kier molecular flexibility index (Phi) is 3.67. The van der Waals surface area contributed by atoms with Gasteiger partial charge in [0.05, 0.1) is 19.2 Å². The Bertz CT molecular complexity index is 584. The van der Waals surface area contributed by atoms with Crippen LogP contribution in [0, 0.1) is 0 Å². The van der Waals surface area contributed by atoms with Gasteiger partial charge in [-0.2, -0.15) is 0 Å². The van der Waals surface area contributed by atoms with Gasteiger partial charge in [0, 0.05) is 29.9 Å². The summed E-state index contributed by atoms with van der Waals surface area (Å²) in [6.07, 6.45) is 4.97. The molecule has 0 saturated carbocycles. The van der Waals surface area contributed by atoms with Crippen LogP contribution in [0.3, 0.4) is 0 Å². The van der Waals surface area contributed by atoms with Crippen LogP contribution in [0.5, 0.6) is 5.75 Å². The van der Waals surface area contributed by atoms with Crippen molar-refractivity contribution in [3.63, 3.8) is 0 Å². The van der Waals surface area contributed by atoms with Gasteiger partial charge in [-0.15, -0.1) is 0 Å². The van der Waals surface area contributed by atoms with E-state index in [1.807, 2.05) is 35.0 Å². The minimum Gasteiger partial charge on any atom is -0.497 e. The molecular weight excluding hydrogens is 230 g/mol. The number of esters is 1. The molecule has 2 rings (SSSR count). The number of fused-ring (bicyclic) bond motifs is 1. The van der Waals surface area contributed by atoms with E-state index in [4.69, 9.17) is 9.47 Å². The largest absolute Gasteiger partial charge is 0.497 e. The maximum atomic E-state index is 11.3. The fraction of sp³-hybridized carbons (Fsp3) is 0.214. The number of carbonyl (C=O) groups excluding carboxylic acids is 1. The molecule has 4 heteroatoms. The Hall–Kier alpha value is -2.23. The lowest BCUT2D eigenvalue weighted by molar-refractivity contribution is -0.137. The molecule has 0 atom stereocenters. The minimum absolute atomic E-state index is 0.345. The zero-order valence-electron chi connectivity index (χ0n) is 10.4. The third-order valence-corrected chi connectivity index (χ3v) is 2.59. The van der Waals surface area contributed by atoms with Crippen molar-refractivity contribution in [1.82, 2.24) is 4.57 Å². The molecule has 0 N–H and O–H groups in total. The van der Waals surface area contributed by atoms with Crippen LogP contribution in [0.2, 0.25) is 0 Å². The van der Waals surface area contributed by atoms with E-state index in [2.05, 4.69) is 0 Å². The number of hydrogen-bond donors (Lipinski definition) is 0. The van der Waals surface area contributed by atoms with Crippen LogP contribution in [-0.4, -0.2) is 24.3 Å². The summed E-state index contributed by atoms with van der Waals surface area (Å²) in [7, 11) is 1.63. The van der Waals surface area contributed by atoms with Crippen LogP contribution < -0.4 is 4.74 Å². The molecule has 0 fully saturated rings. The summed E-state index contributed by atoms with van der Waals surface area (Å²) in [5.74, 6) is 0.439. The Balaban J connectivity index is 2.30. The molecule has 0 spiro atoms. The van der Waals surface area contributed by atoms with Crippen molar-refractivity contribution in [1.29, 1.82) is 0 Å². The van der Waals surface area contributed by atoms with E-state index in [1.54, 1.807) is 20.2 Å². The summed E-state index contributed by atoms with van der Waals surface area (Å²) in [5, 5.41) is 1.09. The average Bonchev–Trinajstić information content (AvgIpc) is 2.79. The number of benzene rings is 1. The predicted molar refractivity (Wildman–Crippen MR) is 70.5 cm³/mol. The van der Waals surface area contributed by atoms with Crippen LogP contribution in [-0.2, 0) is 9.53 Å². The lowest BCUT2D eigenvalue weighted by atomic mass is 10.2. The van der Waals surface area contributed by atoms with E-state index >= 15 is 0 Å². The summed E-state index contributed by atoms with van der Waals surface area (Å²) in [6.45, 7) is 2.16. The highest BCUT2D eigenvalue weighted by molar-refractivity contribution is 5.88. The Morgan fingerprint density at radius 3 is 2.94 bits per heavy atom. The van der Waals surface area contributed by atoms with Crippen molar-refractivity contribution in [3.05, 3.63) is 36.5 Å². The first-order valence-corrected chi connectivity index (χ1v) is 5.74. The third-order valence-electron chi connectivity index (χ3n) is 2.59. The van der Waals surface area contributed by atoms with E-state index in [1.165, 1.54) is 6.08 Å². The van der Waals surface area contributed by atoms with Gasteiger partial charge in [0.15, 0.2) is 0 Å². The Labute approximate surface area is 105 Å². The zero-order chi connectivity index (χ0) is 13.0. The Morgan fingerprint density at radius 2 is 2.22 bits per heavy atom. The van der Waals surface area contributed by atoms with Crippen molar-refractivity contribution < 1.29 is 14.3 Å². The molecule has 2 aromatic rings. The fourth-order valence-corrected chi connectivity index (χ4v) is 1.72. The lowest BCUT2D eigenvalue weighted by Gasteiger charge is -2.02. The van der Waals surface area contributed by atoms with E-state index in [9.17, 15) is 4.79 Å². The molecular formula is C14H15NO3. The van der Waals surface area contributed by atoms with Crippen molar-refractivity contribution in [2.24, 2.45) is 0 Å². The number of carbonyl (C=O) groups is 1. The summed E-state index contributed by atoms with van der Waals surface area (Å²) >= 11 is 0. The number of methoxy groups -OCH3 is 1. The van der Waals surface area contributed by atoms with E-state index in [-0.39, 0.29) is 5.97 Å². The SMILES string of the molecule is CCOC(=O)/C=C\n1ccc2ccc(OC)cc21. The highest BCUT2D eigenvalue weighted by Gasteiger charge is 2.01. The average molecular weight is 245 g/mol. The monoisotopic (exact) mass is 245 g/mol. The molecule has 0 aliphatic carbocycles. The van der Waals surface area contributed by atoms with Crippen molar-refractivity contribution in [3.8, 4) is 5.75 Å². The van der Waals surface area contributed by atoms with Gasteiger partial charge in [0.2, 0.25) is 0 Å². The molecule has 0 bridgehead atoms. The van der Waals surface area contributed by atoms with Gasteiger partial charge in [-0.25, -0.2) is 4.79 Å². The molecule has 4 nitrogen and oxygen atoms in total. The quantitative estimate of drug-likeness (QED) is 0.614.